The van der Waals surface area contributed by atoms with Gasteiger partial charge >= 0.3 is 5.97 Å². The van der Waals surface area contributed by atoms with Crippen LogP contribution in [0.3, 0.4) is 0 Å². The molecule has 0 bridgehead atoms. The summed E-state index contributed by atoms with van der Waals surface area (Å²) in [6.07, 6.45) is -0.0118. The average molecular weight is 263 g/mol. The number of para-hydroxylation sites is 1. The minimum atomic E-state index is -1.15. The molecule has 0 saturated carbocycles. The van der Waals surface area contributed by atoms with Crippen molar-refractivity contribution in [1.82, 2.24) is 10.5 Å². The molecule has 1 atom stereocenters. The number of fused-ring (bicyclic) bond motifs is 1. The second kappa shape index (κ2) is 5.09. The Morgan fingerprint density at radius 3 is 2.68 bits per heavy atom. The lowest BCUT2D eigenvalue weighted by Gasteiger charge is -2.07. The number of H-pyrrole nitrogens is 1. The van der Waals surface area contributed by atoms with Gasteiger partial charge in [-0.05, 0) is 11.6 Å². The highest BCUT2D eigenvalue weighted by molar-refractivity contribution is 6.00. The number of benzene rings is 1. The van der Waals surface area contributed by atoms with Gasteiger partial charge in [0.05, 0.1) is 0 Å². The molecule has 1 amide bonds. The topological polar surface area (TPSA) is 128 Å². The van der Waals surface area contributed by atoms with E-state index in [-0.39, 0.29) is 12.1 Å². The maximum Gasteiger partial charge on any atom is 0.320 e. The number of rotatable bonds is 4. The molecular formula is C12H13N3O4. The lowest BCUT2D eigenvalue weighted by Crippen LogP contribution is -2.33. The largest absolute Gasteiger partial charge is 0.480 e. The molecule has 7 nitrogen and oxygen atoms in total. The zero-order valence-corrected chi connectivity index (χ0v) is 9.88. The van der Waals surface area contributed by atoms with E-state index < -0.39 is 17.9 Å². The van der Waals surface area contributed by atoms with Gasteiger partial charge in [-0.2, -0.15) is 0 Å². The number of aromatic nitrogens is 1. The van der Waals surface area contributed by atoms with Crippen LogP contribution in [-0.4, -0.2) is 33.2 Å². The van der Waals surface area contributed by atoms with Crippen molar-refractivity contribution in [3.8, 4) is 0 Å². The van der Waals surface area contributed by atoms with Gasteiger partial charge in [-0.25, -0.2) is 5.48 Å². The standard InChI is InChI=1S/C12H13N3O4/c13-8(12(17)18)5-7-6-3-1-2-4-9(6)14-10(7)11(16)15-19/h1-4,8,14,19H,5,13H2,(H,15,16)(H,17,18)/t8-/m0/s1. The van der Waals surface area contributed by atoms with Gasteiger partial charge in [-0.15, -0.1) is 0 Å². The molecule has 19 heavy (non-hydrogen) atoms. The molecule has 0 aliphatic rings. The first-order valence-corrected chi connectivity index (χ1v) is 5.57. The molecule has 1 heterocycles. The average Bonchev–Trinajstić information content (AvgIpc) is 2.77. The third-order valence-corrected chi connectivity index (χ3v) is 2.88. The minimum absolute atomic E-state index is 0.0118. The van der Waals surface area contributed by atoms with Crippen molar-refractivity contribution in [3.05, 3.63) is 35.5 Å². The number of nitrogens with two attached hydrogens (primary N) is 1. The van der Waals surface area contributed by atoms with E-state index in [2.05, 4.69) is 4.98 Å². The summed E-state index contributed by atoms with van der Waals surface area (Å²) >= 11 is 0. The second-order valence-corrected chi connectivity index (χ2v) is 4.11. The van der Waals surface area contributed by atoms with Gasteiger partial charge in [0, 0.05) is 17.3 Å². The minimum Gasteiger partial charge on any atom is -0.480 e. The Bertz CT molecular complexity index is 635. The number of carbonyl (C=O) groups excluding carboxylic acids is 1. The number of hydrogen-bond donors (Lipinski definition) is 5. The number of carboxylic acid groups (broad SMARTS) is 1. The van der Waals surface area contributed by atoms with E-state index in [1.807, 2.05) is 0 Å². The molecule has 0 spiro atoms. The van der Waals surface area contributed by atoms with Crippen LogP contribution in [-0.2, 0) is 11.2 Å². The van der Waals surface area contributed by atoms with Gasteiger partial charge in [0.15, 0.2) is 0 Å². The van der Waals surface area contributed by atoms with Crippen molar-refractivity contribution in [2.24, 2.45) is 5.73 Å². The molecule has 2 aromatic rings. The molecule has 0 fully saturated rings. The van der Waals surface area contributed by atoms with E-state index >= 15 is 0 Å². The highest BCUT2D eigenvalue weighted by atomic mass is 16.5. The zero-order valence-electron chi connectivity index (χ0n) is 9.88. The third-order valence-electron chi connectivity index (χ3n) is 2.88. The molecule has 0 unspecified atom stereocenters. The Labute approximate surface area is 108 Å². The lowest BCUT2D eigenvalue weighted by molar-refractivity contribution is -0.138. The van der Waals surface area contributed by atoms with Gasteiger partial charge in [0.25, 0.3) is 5.91 Å². The summed E-state index contributed by atoms with van der Waals surface area (Å²) in [6, 6.07) is 5.93. The van der Waals surface area contributed by atoms with E-state index in [0.717, 1.165) is 0 Å². The number of aromatic amines is 1. The van der Waals surface area contributed by atoms with Crippen LogP contribution < -0.4 is 11.2 Å². The van der Waals surface area contributed by atoms with Crippen LogP contribution in [0.4, 0.5) is 0 Å². The van der Waals surface area contributed by atoms with Crippen LogP contribution in [0.25, 0.3) is 10.9 Å². The monoisotopic (exact) mass is 263 g/mol. The highest BCUT2D eigenvalue weighted by Gasteiger charge is 2.21. The molecule has 2 rings (SSSR count). The van der Waals surface area contributed by atoms with E-state index in [9.17, 15) is 9.59 Å². The number of carbonyl (C=O) groups is 2. The fourth-order valence-corrected chi connectivity index (χ4v) is 1.97. The molecule has 6 N–H and O–H groups in total. The fraction of sp³-hybridized carbons (Fsp3) is 0.167. The third kappa shape index (κ3) is 2.42. The predicted octanol–water partition coefficient (Wildman–Crippen LogP) is 0.241. The normalized spacial score (nSPS) is 12.3. The van der Waals surface area contributed by atoms with Crippen LogP contribution in [0.1, 0.15) is 16.1 Å². The van der Waals surface area contributed by atoms with Crippen LogP contribution in [0.15, 0.2) is 24.3 Å². The summed E-state index contributed by atoms with van der Waals surface area (Å²) in [5.74, 6) is -1.88. The van der Waals surface area contributed by atoms with Crippen molar-refractivity contribution in [1.29, 1.82) is 0 Å². The van der Waals surface area contributed by atoms with Crippen LogP contribution in [0.5, 0.6) is 0 Å². The van der Waals surface area contributed by atoms with E-state index in [0.29, 0.717) is 16.5 Å². The number of aliphatic carboxylic acids is 1. The fourth-order valence-electron chi connectivity index (χ4n) is 1.97. The van der Waals surface area contributed by atoms with E-state index in [1.165, 1.54) is 5.48 Å². The molecule has 100 valence electrons. The molecule has 1 aromatic heterocycles. The number of amides is 1. The van der Waals surface area contributed by atoms with Gasteiger partial charge in [-0.1, -0.05) is 18.2 Å². The maximum absolute atomic E-state index is 11.6. The Morgan fingerprint density at radius 2 is 2.05 bits per heavy atom. The SMILES string of the molecule is N[C@@H](Cc1c(C(=O)NO)[nH]c2ccccc12)C(=O)O. The van der Waals surface area contributed by atoms with Crippen molar-refractivity contribution in [2.45, 2.75) is 12.5 Å². The molecule has 0 aliphatic carbocycles. The lowest BCUT2D eigenvalue weighted by atomic mass is 10.0. The first kappa shape index (κ1) is 13.1. The number of nitrogens with one attached hydrogen (secondary N) is 2. The van der Waals surface area contributed by atoms with Crippen molar-refractivity contribution < 1.29 is 19.9 Å². The first-order valence-electron chi connectivity index (χ1n) is 5.57. The smallest absolute Gasteiger partial charge is 0.320 e. The van der Waals surface area contributed by atoms with E-state index in [1.54, 1.807) is 24.3 Å². The molecule has 0 radical (unpaired) electrons. The Hall–Kier alpha value is -2.38. The molecule has 1 aromatic carbocycles. The summed E-state index contributed by atoms with van der Waals surface area (Å²) < 4.78 is 0. The molecule has 0 saturated heterocycles. The summed E-state index contributed by atoms with van der Waals surface area (Å²) in [7, 11) is 0. The maximum atomic E-state index is 11.6. The summed E-state index contributed by atoms with van der Waals surface area (Å²) in [4.78, 5) is 25.2. The van der Waals surface area contributed by atoms with Gasteiger partial charge < -0.3 is 15.8 Å². The quantitative estimate of drug-likeness (QED) is 0.398. The van der Waals surface area contributed by atoms with Gasteiger partial charge in [0.1, 0.15) is 11.7 Å². The molecule has 7 heteroatoms. The molecular weight excluding hydrogens is 250 g/mol. The summed E-state index contributed by atoms with van der Waals surface area (Å²) in [6.45, 7) is 0. The molecule has 0 aliphatic heterocycles. The number of hydrogen-bond acceptors (Lipinski definition) is 4. The van der Waals surface area contributed by atoms with Crippen LogP contribution >= 0.6 is 0 Å². The van der Waals surface area contributed by atoms with E-state index in [4.69, 9.17) is 16.0 Å². The van der Waals surface area contributed by atoms with Crippen molar-refractivity contribution in [3.63, 3.8) is 0 Å². The Kier molecular flexibility index (Phi) is 3.50. The number of carboxylic acids is 1. The van der Waals surface area contributed by atoms with Crippen LogP contribution in [0.2, 0.25) is 0 Å². The number of hydroxylamine groups is 1. The van der Waals surface area contributed by atoms with Gasteiger partial charge in [-0.3, -0.25) is 14.8 Å². The first-order chi connectivity index (χ1) is 9.04. The summed E-state index contributed by atoms with van der Waals surface area (Å²) in [5.41, 5.74) is 8.28. The van der Waals surface area contributed by atoms with Crippen LogP contribution in [0, 0.1) is 0 Å². The Morgan fingerprint density at radius 1 is 1.37 bits per heavy atom. The van der Waals surface area contributed by atoms with Gasteiger partial charge in [0.2, 0.25) is 0 Å². The predicted molar refractivity (Wildman–Crippen MR) is 66.9 cm³/mol. The van der Waals surface area contributed by atoms with Crippen molar-refractivity contribution >= 4 is 22.8 Å². The summed E-state index contributed by atoms with van der Waals surface area (Å²) in [5, 5.41) is 18.3. The van der Waals surface area contributed by atoms with Crippen molar-refractivity contribution in [2.75, 3.05) is 0 Å². The zero-order chi connectivity index (χ0) is 14.0. The Balaban J connectivity index is 2.54. The second-order valence-electron chi connectivity index (χ2n) is 4.11. The highest BCUT2D eigenvalue weighted by Crippen LogP contribution is 2.23.